The second-order valence-electron chi connectivity index (χ2n) is 7.23. The van der Waals surface area contributed by atoms with E-state index in [1.807, 2.05) is 0 Å². The molecule has 3 heterocycles. The van der Waals surface area contributed by atoms with E-state index in [4.69, 9.17) is 16.2 Å². The van der Waals surface area contributed by atoms with Crippen LogP contribution < -0.4 is 14.9 Å². The number of benzene rings is 2. The summed E-state index contributed by atoms with van der Waals surface area (Å²) in [6.45, 7) is 0.605. The van der Waals surface area contributed by atoms with E-state index in [9.17, 15) is 22.0 Å². The number of hydrogen-bond acceptors (Lipinski definition) is 8. The first-order chi connectivity index (χ1) is 15.8. The van der Waals surface area contributed by atoms with Gasteiger partial charge in [-0.05, 0) is 16.7 Å². The Hall–Kier alpha value is -2.87. The predicted molar refractivity (Wildman–Crippen MR) is 117 cm³/mol. The standard InChI is InChI=1S/C19H14ClF2N5O4S2/c20-27(18-24-9-25-32-18)33(29,30)17-5-16-15(4-13(17)21)26(19(28)31-16)8-10-2-1-3-11-12(10)6-23-7-14(11)22/h1-5,9,14,23H,6-8H2. The van der Waals surface area contributed by atoms with E-state index < -0.39 is 32.7 Å². The Balaban J connectivity index is 1.57. The van der Waals surface area contributed by atoms with Crippen molar-refractivity contribution < 1.29 is 21.6 Å². The van der Waals surface area contributed by atoms with Crippen LogP contribution in [0.4, 0.5) is 13.9 Å². The van der Waals surface area contributed by atoms with Crippen molar-refractivity contribution in [2.45, 2.75) is 24.2 Å². The van der Waals surface area contributed by atoms with Crippen LogP contribution in [0.5, 0.6) is 0 Å². The van der Waals surface area contributed by atoms with Gasteiger partial charge in [0.15, 0.2) is 5.58 Å². The zero-order valence-electron chi connectivity index (χ0n) is 16.5. The van der Waals surface area contributed by atoms with Crippen molar-refractivity contribution in [3.63, 3.8) is 0 Å². The highest BCUT2D eigenvalue weighted by atomic mass is 35.5. The lowest BCUT2D eigenvalue weighted by atomic mass is 9.94. The summed E-state index contributed by atoms with van der Waals surface area (Å²) in [5, 5.41) is 2.80. The van der Waals surface area contributed by atoms with Gasteiger partial charge in [0.25, 0.3) is 10.0 Å². The molecule has 1 aliphatic heterocycles. The Bertz CT molecular complexity index is 1520. The highest BCUT2D eigenvalue weighted by molar-refractivity contribution is 7.94. The zero-order valence-corrected chi connectivity index (χ0v) is 18.9. The van der Waals surface area contributed by atoms with Crippen molar-refractivity contribution in [1.29, 1.82) is 0 Å². The molecular formula is C19H14ClF2N5O4S2. The molecule has 0 saturated heterocycles. The third-order valence-electron chi connectivity index (χ3n) is 5.31. The number of oxazole rings is 1. The molecule has 0 bridgehead atoms. The summed E-state index contributed by atoms with van der Waals surface area (Å²) in [6.07, 6.45) is -0.0738. The lowest BCUT2D eigenvalue weighted by Crippen LogP contribution is -2.28. The molecule has 172 valence electrons. The SMILES string of the molecule is O=c1oc2cc(S(=O)(=O)N(Cl)c3ncns3)c(F)cc2n1Cc1cccc2c1CNCC2F. The van der Waals surface area contributed by atoms with Crippen LogP contribution in [-0.2, 0) is 23.1 Å². The van der Waals surface area contributed by atoms with Crippen LogP contribution in [0.15, 0.2) is 50.8 Å². The van der Waals surface area contributed by atoms with Crippen molar-refractivity contribution in [1.82, 2.24) is 19.2 Å². The maximum Gasteiger partial charge on any atom is 0.420 e. The van der Waals surface area contributed by atoms with Gasteiger partial charge in [0.1, 0.15) is 23.2 Å². The molecule has 14 heteroatoms. The maximum atomic E-state index is 15.0. The molecule has 0 amide bonds. The molecule has 0 saturated carbocycles. The number of nitrogens with zero attached hydrogens (tertiary/aromatic N) is 4. The van der Waals surface area contributed by atoms with E-state index >= 15 is 0 Å². The molecule has 33 heavy (non-hydrogen) atoms. The molecule has 0 spiro atoms. The van der Waals surface area contributed by atoms with Crippen molar-refractivity contribution >= 4 is 49.6 Å². The van der Waals surface area contributed by atoms with Crippen LogP contribution in [-0.4, -0.2) is 28.9 Å². The van der Waals surface area contributed by atoms with Gasteiger partial charge >= 0.3 is 5.76 Å². The van der Waals surface area contributed by atoms with Gasteiger partial charge in [-0.3, -0.25) is 4.57 Å². The predicted octanol–water partition coefficient (Wildman–Crippen LogP) is 3.10. The molecule has 1 unspecified atom stereocenters. The number of sulfonamides is 1. The lowest BCUT2D eigenvalue weighted by Gasteiger charge is -2.23. The Morgan fingerprint density at radius 1 is 1.36 bits per heavy atom. The molecule has 1 atom stereocenters. The van der Waals surface area contributed by atoms with Gasteiger partial charge in [0.2, 0.25) is 5.13 Å². The summed E-state index contributed by atoms with van der Waals surface area (Å²) in [5.41, 5.74) is 1.81. The highest BCUT2D eigenvalue weighted by Gasteiger charge is 2.31. The number of hydrogen-bond donors (Lipinski definition) is 1. The summed E-state index contributed by atoms with van der Waals surface area (Å²) >= 11 is 6.58. The van der Waals surface area contributed by atoms with Gasteiger partial charge in [-0.25, -0.2) is 18.6 Å². The zero-order chi connectivity index (χ0) is 23.3. The van der Waals surface area contributed by atoms with Gasteiger partial charge in [0, 0.05) is 48.5 Å². The quantitative estimate of drug-likeness (QED) is 0.408. The lowest BCUT2D eigenvalue weighted by molar-refractivity contribution is 0.309. The number of nitrogens with one attached hydrogen (secondary N) is 1. The van der Waals surface area contributed by atoms with E-state index in [0.717, 1.165) is 23.0 Å². The molecule has 1 aliphatic rings. The van der Waals surface area contributed by atoms with Crippen molar-refractivity contribution in [2.24, 2.45) is 0 Å². The minimum absolute atomic E-state index is 0.0125. The number of aromatic nitrogens is 3. The molecule has 2 aromatic carbocycles. The van der Waals surface area contributed by atoms with E-state index in [-0.39, 0.29) is 33.1 Å². The maximum absolute atomic E-state index is 15.0. The number of anilines is 1. The fourth-order valence-electron chi connectivity index (χ4n) is 3.76. The molecule has 0 aliphatic carbocycles. The second kappa shape index (κ2) is 8.17. The fraction of sp³-hybridized carbons (Fsp3) is 0.211. The minimum atomic E-state index is -4.55. The summed E-state index contributed by atoms with van der Waals surface area (Å²) in [5.74, 6) is -1.95. The Morgan fingerprint density at radius 2 is 2.18 bits per heavy atom. The highest BCUT2D eigenvalue weighted by Crippen LogP contribution is 2.31. The number of fused-ring (bicyclic) bond motifs is 2. The summed E-state index contributed by atoms with van der Waals surface area (Å²) in [7, 11) is -4.55. The van der Waals surface area contributed by atoms with Crippen molar-refractivity contribution in [2.75, 3.05) is 10.4 Å². The van der Waals surface area contributed by atoms with Gasteiger partial charge in [-0.2, -0.15) is 12.8 Å². The van der Waals surface area contributed by atoms with E-state index in [1.54, 1.807) is 18.2 Å². The Morgan fingerprint density at radius 3 is 2.94 bits per heavy atom. The van der Waals surface area contributed by atoms with Crippen molar-refractivity contribution in [3.8, 4) is 0 Å². The van der Waals surface area contributed by atoms with Crippen LogP contribution in [0.25, 0.3) is 11.1 Å². The van der Waals surface area contributed by atoms with E-state index in [1.165, 1.54) is 0 Å². The monoisotopic (exact) mass is 513 g/mol. The molecule has 2 aromatic heterocycles. The average molecular weight is 514 g/mol. The Kier molecular flexibility index (Phi) is 5.43. The second-order valence-corrected chi connectivity index (χ2v) is 10.3. The summed E-state index contributed by atoms with van der Waals surface area (Å²) in [4.78, 5) is 15.5. The van der Waals surface area contributed by atoms with Crippen LogP contribution in [0.2, 0.25) is 0 Å². The van der Waals surface area contributed by atoms with Crippen LogP contribution >= 0.6 is 23.3 Å². The van der Waals surface area contributed by atoms with Gasteiger partial charge < -0.3 is 9.73 Å². The third-order valence-corrected chi connectivity index (χ3v) is 8.35. The molecular weight excluding hydrogens is 500 g/mol. The fourth-order valence-corrected chi connectivity index (χ4v) is 5.85. The van der Waals surface area contributed by atoms with Crippen LogP contribution in [0.3, 0.4) is 0 Å². The Labute approximate surface area is 194 Å². The molecule has 4 aromatic rings. The number of rotatable bonds is 5. The third kappa shape index (κ3) is 3.70. The smallest absolute Gasteiger partial charge is 0.408 e. The average Bonchev–Trinajstić information content (AvgIpc) is 3.42. The first kappa shape index (κ1) is 21.9. The number of alkyl halides is 1. The van der Waals surface area contributed by atoms with Gasteiger partial charge in [0.05, 0.1) is 12.1 Å². The molecule has 1 N–H and O–H groups in total. The van der Waals surface area contributed by atoms with Gasteiger partial charge in [-0.15, -0.1) is 3.82 Å². The summed E-state index contributed by atoms with van der Waals surface area (Å²) < 4.78 is 65.1. The molecule has 0 fully saturated rings. The minimum Gasteiger partial charge on any atom is -0.408 e. The first-order valence-electron chi connectivity index (χ1n) is 9.53. The molecule has 5 rings (SSSR count). The normalized spacial score (nSPS) is 16.2. The molecule has 9 nitrogen and oxygen atoms in total. The topological polar surface area (TPSA) is 110 Å². The first-order valence-corrected chi connectivity index (χ1v) is 12.1. The molecule has 0 radical (unpaired) electrons. The largest absolute Gasteiger partial charge is 0.420 e. The van der Waals surface area contributed by atoms with Gasteiger partial charge in [-0.1, -0.05) is 18.2 Å². The van der Waals surface area contributed by atoms with E-state index in [2.05, 4.69) is 14.7 Å². The number of halogens is 3. The van der Waals surface area contributed by atoms with Crippen LogP contribution in [0, 0.1) is 5.82 Å². The van der Waals surface area contributed by atoms with E-state index in [0.29, 0.717) is 34.8 Å². The van der Waals surface area contributed by atoms with Crippen LogP contribution in [0.1, 0.15) is 22.9 Å². The summed E-state index contributed by atoms with van der Waals surface area (Å²) in [6, 6.07) is 6.91. The van der Waals surface area contributed by atoms with Crippen molar-refractivity contribution in [3.05, 3.63) is 69.7 Å².